The first-order chi connectivity index (χ1) is 8.95. The van der Waals surface area contributed by atoms with Gasteiger partial charge in [-0.1, -0.05) is 35.9 Å². The molecule has 0 saturated heterocycles. The van der Waals surface area contributed by atoms with Crippen LogP contribution < -0.4 is 0 Å². The molecular formula is C18H14Co. The van der Waals surface area contributed by atoms with Gasteiger partial charge in [0.25, 0.3) is 0 Å². The fourth-order valence-corrected chi connectivity index (χ4v) is 1.44. The van der Waals surface area contributed by atoms with Crippen molar-refractivity contribution >= 4 is 0 Å². The molecule has 0 amide bonds. The van der Waals surface area contributed by atoms with Gasteiger partial charge in [0.1, 0.15) is 0 Å². The topological polar surface area (TPSA) is 0 Å². The zero-order chi connectivity index (χ0) is 12.5. The summed E-state index contributed by atoms with van der Waals surface area (Å²) < 4.78 is 0. The number of benzene rings is 1. The fourth-order valence-electron chi connectivity index (χ4n) is 1.44. The summed E-state index contributed by atoms with van der Waals surface area (Å²) in [4.78, 5) is 0. The third-order valence-electron chi connectivity index (χ3n) is 2.34. The summed E-state index contributed by atoms with van der Waals surface area (Å²) in [5.41, 5.74) is 2.13. The third-order valence-corrected chi connectivity index (χ3v) is 2.34. The largest absolute Gasteiger partial charge is 2.00 e. The van der Waals surface area contributed by atoms with Crippen LogP contribution in [0.2, 0.25) is 0 Å². The zero-order valence-electron chi connectivity index (χ0n) is 10.4. The van der Waals surface area contributed by atoms with Gasteiger partial charge in [-0.2, -0.15) is 42.2 Å². The van der Waals surface area contributed by atoms with Gasteiger partial charge in [0, 0.05) is 0 Å². The van der Waals surface area contributed by atoms with Crippen LogP contribution >= 0.6 is 0 Å². The maximum absolute atomic E-state index is 3.10. The molecule has 95 valence electrons. The zero-order valence-corrected chi connectivity index (χ0v) is 11.5. The van der Waals surface area contributed by atoms with Crippen molar-refractivity contribution in [2.75, 3.05) is 0 Å². The molecule has 0 aromatic heterocycles. The summed E-state index contributed by atoms with van der Waals surface area (Å²) in [6.07, 6.45) is 0. The molecule has 1 heteroatoms. The smallest absolute Gasteiger partial charge is 0.214 e. The van der Waals surface area contributed by atoms with Crippen LogP contribution in [0.4, 0.5) is 0 Å². The second-order valence-corrected chi connectivity index (χ2v) is 3.75. The van der Waals surface area contributed by atoms with E-state index in [9.17, 15) is 0 Å². The normalized spacial score (nSPS) is 8.21. The predicted molar refractivity (Wildman–Crippen MR) is 76.5 cm³/mol. The molecule has 19 heavy (non-hydrogen) atoms. The van der Waals surface area contributed by atoms with Gasteiger partial charge in [-0.15, -0.1) is 12.1 Å². The summed E-state index contributed by atoms with van der Waals surface area (Å²) >= 11 is 0. The van der Waals surface area contributed by atoms with E-state index in [4.69, 9.17) is 0 Å². The van der Waals surface area contributed by atoms with Crippen molar-refractivity contribution in [3.63, 3.8) is 0 Å². The van der Waals surface area contributed by atoms with E-state index in [1.807, 2.05) is 84.9 Å². The Kier molecular flexibility index (Phi) is 7.12. The van der Waals surface area contributed by atoms with Gasteiger partial charge in [0.15, 0.2) is 0 Å². The maximum atomic E-state index is 3.10. The maximum Gasteiger partial charge on any atom is 2.00 e. The first kappa shape index (κ1) is 15.0. The van der Waals surface area contributed by atoms with Gasteiger partial charge in [-0.25, -0.2) is 12.1 Å². The summed E-state index contributed by atoms with van der Waals surface area (Å²) in [5.74, 6) is 6.19. The van der Waals surface area contributed by atoms with Gasteiger partial charge < -0.3 is 0 Å². The van der Waals surface area contributed by atoms with Crippen LogP contribution in [0.3, 0.4) is 0 Å². The van der Waals surface area contributed by atoms with Gasteiger partial charge in [-0.05, 0) is 5.56 Å². The number of hydrogen-bond donors (Lipinski definition) is 0. The molecule has 3 aromatic carbocycles. The monoisotopic (exact) mass is 289 g/mol. The van der Waals surface area contributed by atoms with Crippen LogP contribution in [0.5, 0.6) is 0 Å². The van der Waals surface area contributed by atoms with Gasteiger partial charge in [0.05, 0.1) is 0 Å². The van der Waals surface area contributed by atoms with Crippen LogP contribution in [0.1, 0.15) is 11.1 Å². The molecule has 0 fully saturated rings. The Labute approximate surface area is 125 Å². The molecule has 0 aliphatic heterocycles. The van der Waals surface area contributed by atoms with Crippen LogP contribution in [0, 0.1) is 11.8 Å². The summed E-state index contributed by atoms with van der Waals surface area (Å²) in [5, 5.41) is 0. The minimum atomic E-state index is 0. The van der Waals surface area contributed by atoms with E-state index < -0.39 is 0 Å². The van der Waals surface area contributed by atoms with E-state index in [1.54, 1.807) is 0 Å². The molecule has 0 unspecified atom stereocenters. The van der Waals surface area contributed by atoms with Crippen molar-refractivity contribution in [3.05, 3.63) is 96.1 Å². The Morgan fingerprint density at radius 2 is 1.42 bits per heavy atom. The summed E-state index contributed by atoms with van der Waals surface area (Å²) in [6, 6.07) is 28.0. The van der Waals surface area contributed by atoms with Crippen molar-refractivity contribution in [1.29, 1.82) is 0 Å². The van der Waals surface area contributed by atoms with Gasteiger partial charge >= 0.3 is 16.8 Å². The fraction of sp³-hybridized carbons (Fsp3) is 0. The molecule has 0 aliphatic rings. The Morgan fingerprint density at radius 1 is 0.789 bits per heavy atom. The Bertz CT molecular complexity index is 561. The van der Waals surface area contributed by atoms with Crippen molar-refractivity contribution in [2.45, 2.75) is 0 Å². The molecule has 0 spiro atoms. The number of hydrogen-bond acceptors (Lipinski definition) is 0. The Morgan fingerprint density at radius 3 is 1.95 bits per heavy atom. The minimum absolute atomic E-state index is 0. The van der Waals surface area contributed by atoms with Gasteiger partial charge in [0.2, 0.25) is 0 Å². The second kappa shape index (κ2) is 8.99. The molecule has 0 atom stereocenters. The quantitative estimate of drug-likeness (QED) is 0.429. The van der Waals surface area contributed by atoms with E-state index in [0.717, 1.165) is 11.1 Å². The summed E-state index contributed by atoms with van der Waals surface area (Å²) in [7, 11) is 0. The van der Waals surface area contributed by atoms with Gasteiger partial charge in [-0.3, -0.25) is 0 Å². The molecule has 0 saturated carbocycles. The molecule has 1 radical (unpaired) electrons. The standard InChI is InChI=1S/C13H9.C5H5.Co/c1-2-6-12(7-3-1)10-11-13-8-4-5-9-13;1-2-4-5-3-1;/h1-9H;1-5H;/q2*-1;+2. The van der Waals surface area contributed by atoms with Crippen LogP contribution in [-0.2, 0) is 16.8 Å². The summed E-state index contributed by atoms with van der Waals surface area (Å²) in [6.45, 7) is 0. The minimum Gasteiger partial charge on any atom is -0.214 e. The first-order valence-corrected chi connectivity index (χ1v) is 5.90. The third kappa shape index (κ3) is 5.92. The molecule has 0 N–H and O–H groups in total. The van der Waals surface area contributed by atoms with Crippen LogP contribution in [0.15, 0.2) is 84.9 Å². The van der Waals surface area contributed by atoms with Crippen molar-refractivity contribution < 1.29 is 16.8 Å². The predicted octanol–water partition coefficient (Wildman–Crippen LogP) is 4.21. The molecule has 0 nitrogen and oxygen atoms in total. The van der Waals surface area contributed by atoms with E-state index in [1.165, 1.54) is 0 Å². The molecule has 0 aliphatic carbocycles. The molecular weight excluding hydrogens is 275 g/mol. The first-order valence-electron chi connectivity index (χ1n) is 5.90. The second-order valence-electron chi connectivity index (χ2n) is 3.75. The SMILES string of the molecule is C(#C[c-]1cccc1)c1ccccc1.[Co+2].c1cc[cH-]c1. The van der Waals surface area contributed by atoms with Crippen molar-refractivity contribution in [3.8, 4) is 11.8 Å². The number of rotatable bonds is 0. The van der Waals surface area contributed by atoms with Crippen molar-refractivity contribution in [1.82, 2.24) is 0 Å². The van der Waals surface area contributed by atoms with Crippen molar-refractivity contribution in [2.24, 2.45) is 0 Å². The van der Waals surface area contributed by atoms with Crippen LogP contribution in [0.25, 0.3) is 0 Å². The molecule has 3 rings (SSSR count). The van der Waals surface area contributed by atoms with E-state index in [-0.39, 0.29) is 16.8 Å². The Hall–Kier alpha value is -2.01. The Balaban J connectivity index is 0.000000256. The van der Waals surface area contributed by atoms with E-state index in [2.05, 4.69) is 11.8 Å². The average molecular weight is 289 g/mol. The van der Waals surface area contributed by atoms with E-state index >= 15 is 0 Å². The average Bonchev–Trinajstić information content (AvgIpc) is 3.13. The molecule has 0 bridgehead atoms. The molecule has 0 heterocycles. The molecule has 3 aromatic rings. The van der Waals surface area contributed by atoms with E-state index in [0.29, 0.717) is 0 Å². The van der Waals surface area contributed by atoms with Crippen LogP contribution in [-0.4, -0.2) is 0 Å².